The van der Waals surface area contributed by atoms with Crippen LogP contribution in [0.25, 0.3) is 0 Å². The summed E-state index contributed by atoms with van der Waals surface area (Å²) in [5.74, 6) is -0.215. The lowest BCUT2D eigenvalue weighted by Crippen LogP contribution is -2.65. The van der Waals surface area contributed by atoms with E-state index < -0.39 is 96.8 Å². The summed E-state index contributed by atoms with van der Waals surface area (Å²) in [7, 11) is 0. The predicted molar refractivity (Wildman–Crippen MR) is 194 cm³/mol. The lowest BCUT2D eigenvalue weighted by Gasteiger charge is -2.65. The summed E-state index contributed by atoms with van der Waals surface area (Å²) in [6.45, 7) is 13.8. The third kappa shape index (κ3) is 5.70. The van der Waals surface area contributed by atoms with Crippen molar-refractivity contribution >= 4 is 0 Å². The van der Waals surface area contributed by atoms with E-state index in [-0.39, 0.29) is 52.1 Å². The van der Waals surface area contributed by atoms with Crippen molar-refractivity contribution in [3.8, 4) is 0 Å². The van der Waals surface area contributed by atoms with Gasteiger partial charge in [-0.05, 0) is 117 Å². The molecule has 3 heterocycles. The smallest absolute Gasteiger partial charge is 0.186 e. The monoisotopic (exact) mass is 784 g/mol. The molecular formula is C41H68O14. The summed E-state index contributed by atoms with van der Waals surface area (Å²) in [6.07, 6.45) is -7.48. The molecule has 0 amide bonds. The van der Waals surface area contributed by atoms with E-state index in [2.05, 4.69) is 34.6 Å². The van der Waals surface area contributed by atoms with Crippen molar-refractivity contribution in [2.75, 3.05) is 13.2 Å². The molecular weight excluding hydrogens is 716 g/mol. The second-order valence-corrected chi connectivity index (χ2v) is 21.1. The van der Waals surface area contributed by atoms with Gasteiger partial charge in [-0.15, -0.1) is 0 Å². The Labute approximate surface area is 324 Å². The summed E-state index contributed by atoms with van der Waals surface area (Å²) in [5.41, 5.74) is -3.16. The Hall–Kier alpha value is -0.560. The molecule has 14 heteroatoms. The highest BCUT2D eigenvalue weighted by Gasteiger charge is 2.85. The van der Waals surface area contributed by atoms with Crippen LogP contribution in [0, 0.1) is 44.8 Å². The normalized spacial score (nSPS) is 58.7. The first-order chi connectivity index (χ1) is 25.5. The standard InChI is InChI=1S/C41H68O14/c1-35(2)24(54-33-29(48)26(45)20(44)17-51-33)9-11-41-18-40(41)13-12-37(5)31(39(7)10-8-25(55-39)36(3,4)50)19(43)15-38(37,6)23(40)14-21(32(35)41)52-34-30(49)28(47)27(46)22(16-42)53-34/h19-34,42-50H,8-18H2,1-7H3/t19-,20-,21-,22-,23?,24?,25+,26+,27-,28+,29-,30-,31+,32?,33+,34-,37-,38+,39-,40?,41-/m1/s1. The van der Waals surface area contributed by atoms with Gasteiger partial charge in [0.15, 0.2) is 12.6 Å². The van der Waals surface area contributed by atoms with Crippen LogP contribution in [0.5, 0.6) is 0 Å². The molecule has 316 valence electrons. The third-order valence-electron chi connectivity index (χ3n) is 17.6. The molecule has 0 aromatic carbocycles. The second-order valence-electron chi connectivity index (χ2n) is 21.1. The maximum atomic E-state index is 12.2. The number of rotatable bonds is 7. The largest absolute Gasteiger partial charge is 0.394 e. The second kappa shape index (κ2) is 13.2. The number of hydrogen-bond donors (Lipinski definition) is 9. The van der Waals surface area contributed by atoms with Gasteiger partial charge in [-0.1, -0.05) is 27.7 Å². The number of fused-ring (bicyclic) bond motifs is 2. The zero-order valence-electron chi connectivity index (χ0n) is 33.6. The molecule has 8 aliphatic rings. The Morgan fingerprint density at radius 3 is 2.05 bits per heavy atom. The summed E-state index contributed by atoms with van der Waals surface area (Å²) in [4.78, 5) is 0. The maximum Gasteiger partial charge on any atom is 0.186 e. The fourth-order valence-electron chi connectivity index (χ4n) is 14.9. The SMILES string of the molecule is CC1(C)C(O[C@@H]2OC[C@@H](O)[C@H](O)[C@H]2O)CC[C@]23CC24CC[C@]2(C)[C@@H]([C@@]5(C)CC[C@@H](C(C)(C)O)O5)[C@H](O)C[C@@]2(C)C4C[C@@H](O[C@@H]2O[C@H](CO)[C@@H](O)[C@H](O)[C@H]2O)C13. The van der Waals surface area contributed by atoms with Gasteiger partial charge in [0, 0.05) is 5.92 Å². The molecule has 14 nitrogen and oxygen atoms in total. The van der Waals surface area contributed by atoms with Gasteiger partial charge in [-0.3, -0.25) is 0 Å². The average Bonchev–Trinajstić information content (AvgIpc) is 3.47. The van der Waals surface area contributed by atoms with Crippen molar-refractivity contribution in [2.45, 2.75) is 197 Å². The van der Waals surface area contributed by atoms with Crippen molar-refractivity contribution in [1.29, 1.82) is 0 Å². The van der Waals surface area contributed by atoms with Crippen LogP contribution in [0.15, 0.2) is 0 Å². The maximum absolute atomic E-state index is 12.2. The zero-order valence-corrected chi connectivity index (χ0v) is 33.6. The Bertz CT molecular complexity index is 1460. The quantitative estimate of drug-likeness (QED) is 0.162. The van der Waals surface area contributed by atoms with Gasteiger partial charge in [0.05, 0.1) is 48.8 Å². The number of ether oxygens (including phenoxy) is 5. The molecule has 5 aliphatic carbocycles. The molecule has 8 fully saturated rings. The molecule has 5 saturated carbocycles. The van der Waals surface area contributed by atoms with Crippen molar-refractivity contribution in [3.63, 3.8) is 0 Å². The summed E-state index contributed by atoms with van der Waals surface area (Å²) >= 11 is 0. The highest BCUT2D eigenvalue weighted by atomic mass is 16.7. The van der Waals surface area contributed by atoms with Crippen LogP contribution in [0.1, 0.15) is 106 Å². The van der Waals surface area contributed by atoms with E-state index in [0.29, 0.717) is 25.7 Å². The van der Waals surface area contributed by atoms with E-state index in [1.165, 1.54) is 0 Å². The Kier molecular flexibility index (Phi) is 9.90. The molecule has 8 rings (SSSR count). The minimum atomic E-state index is -1.60. The van der Waals surface area contributed by atoms with Crippen LogP contribution in [0.4, 0.5) is 0 Å². The van der Waals surface area contributed by atoms with Gasteiger partial charge in [0.25, 0.3) is 0 Å². The van der Waals surface area contributed by atoms with Gasteiger partial charge >= 0.3 is 0 Å². The molecule has 0 aromatic rings. The van der Waals surface area contributed by atoms with Gasteiger partial charge < -0.3 is 69.6 Å². The summed E-state index contributed by atoms with van der Waals surface area (Å²) in [5, 5.41) is 97.2. The minimum absolute atomic E-state index is 0.0633. The van der Waals surface area contributed by atoms with E-state index in [0.717, 1.165) is 32.1 Å². The van der Waals surface area contributed by atoms with Crippen molar-refractivity contribution in [3.05, 3.63) is 0 Å². The van der Waals surface area contributed by atoms with Crippen LogP contribution in [-0.2, 0) is 23.7 Å². The lowest BCUT2D eigenvalue weighted by molar-refractivity contribution is -0.339. The van der Waals surface area contributed by atoms with E-state index in [9.17, 15) is 46.0 Å². The first-order valence-corrected chi connectivity index (χ1v) is 20.9. The van der Waals surface area contributed by atoms with E-state index >= 15 is 0 Å². The predicted octanol–water partition coefficient (Wildman–Crippen LogP) is 0.724. The van der Waals surface area contributed by atoms with Crippen molar-refractivity contribution in [1.82, 2.24) is 0 Å². The average molecular weight is 785 g/mol. The number of hydrogen-bond acceptors (Lipinski definition) is 14. The van der Waals surface area contributed by atoms with Crippen LogP contribution >= 0.6 is 0 Å². The minimum Gasteiger partial charge on any atom is -0.394 e. The summed E-state index contributed by atoms with van der Waals surface area (Å²) < 4.78 is 31.9. The molecule has 3 saturated heterocycles. The van der Waals surface area contributed by atoms with Gasteiger partial charge in [0.1, 0.15) is 42.7 Å². The Balaban J connectivity index is 1.15. The fourth-order valence-corrected chi connectivity index (χ4v) is 14.9. The first kappa shape index (κ1) is 41.2. The first-order valence-electron chi connectivity index (χ1n) is 20.9. The highest BCUT2D eigenvalue weighted by Crippen LogP contribution is 2.89. The lowest BCUT2D eigenvalue weighted by atomic mass is 9.41. The van der Waals surface area contributed by atoms with E-state index in [1.54, 1.807) is 13.8 Å². The van der Waals surface area contributed by atoms with E-state index in [4.69, 9.17) is 23.7 Å². The molecule has 3 aliphatic heterocycles. The molecule has 2 spiro atoms. The van der Waals surface area contributed by atoms with Gasteiger partial charge in [-0.25, -0.2) is 0 Å². The zero-order chi connectivity index (χ0) is 40.1. The van der Waals surface area contributed by atoms with Crippen LogP contribution in [0.2, 0.25) is 0 Å². The fraction of sp³-hybridized carbons (Fsp3) is 1.00. The molecule has 0 radical (unpaired) electrons. The van der Waals surface area contributed by atoms with Crippen LogP contribution in [-0.4, -0.2) is 150 Å². The topological polar surface area (TPSA) is 228 Å². The van der Waals surface area contributed by atoms with Crippen LogP contribution < -0.4 is 0 Å². The molecule has 21 atom stereocenters. The van der Waals surface area contributed by atoms with Crippen LogP contribution in [0.3, 0.4) is 0 Å². The molecule has 55 heavy (non-hydrogen) atoms. The van der Waals surface area contributed by atoms with Gasteiger partial charge in [-0.2, -0.15) is 0 Å². The Morgan fingerprint density at radius 1 is 0.709 bits per heavy atom. The Morgan fingerprint density at radius 2 is 1.40 bits per heavy atom. The molecule has 0 bridgehead atoms. The molecule has 4 unspecified atom stereocenters. The number of aliphatic hydroxyl groups excluding tert-OH is 8. The van der Waals surface area contributed by atoms with E-state index in [1.807, 2.05) is 0 Å². The number of aliphatic hydroxyl groups is 9. The highest BCUT2D eigenvalue weighted by molar-refractivity contribution is 5.33. The van der Waals surface area contributed by atoms with Gasteiger partial charge in [0.2, 0.25) is 0 Å². The molecule has 9 N–H and O–H groups in total. The molecule has 0 aromatic heterocycles. The van der Waals surface area contributed by atoms with Crippen molar-refractivity contribution in [2.24, 2.45) is 44.8 Å². The van der Waals surface area contributed by atoms with Crippen molar-refractivity contribution < 1.29 is 69.6 Å². The summed E-state index contributed by atoms with van der Waals surface area (Å²) in [6, 6.07) is 0. The third-order valence-corrected chi connectivity index (χ3v) is 17.6.